The lowest BCUT2D eigenvalue weighted by molar-refractivity contribution is 0.137. The van der Waals surface area contributed by atoms with Crippen molar-refractivity contribution < 1.29 is 4.74 Å². The first-order valence-electron chi connectivity index (χ1n) is 10.8. The van der Waals surface area contributed by atoms with Gasteiger partial charge in [-0.2, -0.15) is 0 Å². The molecule has 0 bridgehead atoms. The molecule has 1 saturated heterocycles. The van der Waals surface area contributed by atoms with Crippen LogP contribution in [0.15, 0.2) is 42.5 Å². The largest absolute Gasteiger partial charge is 0.493 e. The molecule has 30 heavy (non-hydrogen) atoms. The van der Waals surface area contributed by atoms with Crippen molar-refractivity contribution in [1.29, 1.82) is 0 Å². The Kier molecular flexibility index (Phi) is 6.16. The van der Waals surface area contributed by atoms with Crippen LogP contribution in [0.25, 0.3) is 22.3 Å². The molecule has 6 nitrogen and oxygen atoms in total. The third kappa shape index (κ3) is 4.25. The molecule has 2 N–H and O–H groups in total. The number of hydrogen-bond donors (Lipinski definition) is 1. The number of ether oxygens (including phenoxy) is 1. The zero-order valence-corrected chi connectivity index (χ0v) is 18.1. The fourth-order valence-electron chi connectivity index (χ4n) is 4.16. The van der Waals surface area contributed by atoms with Crippen LogP contribution in [0.3, 0.4) is 0 Å². The first kappa shape index (κ1) is 20.6. The van der Waals surface area contributed by atoms with Crippen molar-refractivity contribution in [2.45, 2.75) is 32.7 Å². The van der Waals surface area contributed by atoms with Gasteiger partial charge in [-0.1, -0.05) is 12.1 Å². The fourth-order valence-corrected chi connectivity index (χ4v) is 4.16. The second kappa shape index (κ2) is 8.98. The summed E-state index contributed by atoms with van der Waals surface area (Å²) in [4.78, 5) is 15.0. The lowest BCUT2D eigenvalue weighted by Crippen LogP contribution is -2.36. The molecule has 6 heteroatoms. The van der Waals surface area contributed by atoms with E-state index >= 15 is 0 Å². The van der Waals surface area contributed by atoms with Crippen LogP contribution in [-0.2, 0) is 0 Å². The number of benzene rings is 2. The highest BCUT2D eigenvalue weighted by molar-refractivity contribution is 5.82. The van der Waals surface area contributed by atoms with E-state index in [0.717, 1.165) is 53.5 Å². The zero-order valence-electron chi connectivity index (χ0n) is 18.1. The van der Waals surface area contributed by atoms with E-state index in [1.165, 1.54) is 12.8 Å². The number of aromatic nitrogens is 2. The maximum absolute atomic E-state index is 6.04. The van der Waals surface area contributed by atoms with Gasteiger partial charge in [0, 0.05) is 17.8 Å². The van der Waals surface area contributed by atoms with E-state index in [9.17, 15) is 0 Å². The molecule has 0 aliphatic carbocycles. The minimum Gasteiger partial charge on any atom is -0.493 e. The lowest BCUT2D eigenvalue weighted by Gasteiger charge is -2.31. The fraction of sp³-hybridized carbons (Fsp3) is 0.417. The third-order valence-electron chi connectivity index (χ3n) is 5.76. The highest BCUT2D eigenvalue weighted by Crippen LogP contribution is 2.36. The Labute approximate surface area is 178 Å². The van der Waals surface area contributed by atoms with Gasteiger partial charge in [0.2, 0.25) is 0 Å². The average Bonchev–Trinajstić information content (AvgIpc) is 2.97. The molecule has 4 rings (SSSR count). The summed E-state index contributed by atoms with van der Waals surface area (Å²) in [6.07, 6.45) is 2.41. The maximum atomic E-state index is 6.04. The number of nitrogens with zero attached hydrogens (tertiary/aromatic N) is 4. The molecule has 3 aromatic rings. The van der Waals surface area contributed by atoms with Crippen molar-refractivity contribution in [1.82, 2.24) is 19.8 Å². The number of nitrogen functional groups attached to an aromatic ring is 1. The van der Waals surface area contributed by atoms with Gasteiger partial charge in [0.1, 0.15) is 5.75 Å². The molecule has 1 unspecified atom stereocenters. The van der Waals surface area contributed by atoms with Crippen molar-refractivity contribution in [2.24, 2.45) is 0 Å². The van der Waals surface area contributed by atoms with Gasteiger partial charge in [0.25, 0.3) is 0 Å². The molecule has 0 amide bonds. The van der Waals surface area contributed by atoms with Gasteiger partial charge < -0.3 is 10.5 Å². The highest BCUT2D eigenvalue weighted by Gasteiger charge is 2.26. The molecule has 1 aliphatic rings. The molecule has 1 fully saturated rings. The number of fused-ring (bicyclic) bond motifs is 1. The molecule has 0 saturated carbocycles. The van der Waals surface area contributed by atoms with E-state index in [4.69, 9.17) is 20.4 Å². The van der Waals surface area contributed by atoms with Gasteiger partial charge in [0.05, 0.1) is 41.7 Å². The topological polar surface area (TPSA) is 67.5 Å². The van der Waals surface area contributed by atoms with E-state index in [2.05, 4.69) is 29.8 Å². The van der Waals surface area contributed by atoms with Crippen molar-refractivity contribution in [3.63, 3.8) is 0 Å². The summed E-state index contributed by atoms with van der Waals surface area (Å²) in [6.45, 7) is 7.94. The molecule has 1 aromatic heterocycles. The summed E-state index contributed by atoms with van der Waals surface area (Å²) in [5, 5.41) is 0. The Morgan fingerprint density at radius 3 is 2.70 bits per heavy atom. The van der Waals surface area contributed by atoms with Gasteiger partial charge in [-0.05, 0) is 70.6 Å². The van der Waals surface area contributed by atoms with Crippen LogP contribution < -0.4 is 10.5 Å². The summed E-state index contributed by atoms with van der Waals surface area (Å²) < 4.78 is 5.93. The second-order valence-corrected chi connectivity index (χ2v) is 8.05. The van der Waals surface area contributed by atoms with Crippen LogP contribution in [0.1, 0.15) is 38.4 Å². The second-order valence-electron chi connectivity index (χ2n) is 8.05. The molecular formula is C24H31N5O. The van der Waals surface area contributed by atoms with Crippen molar-refractivity contribution in [3.8, 4) is 17.0 Å². The summed E-state index contributed by atoms with van der Waals surface area (Å²) in [7, 11) is 2.18. The molecule has 2 heterocycles. The van der Waals surface area contributed by atoms with Crippen LogP contribution in [-0.4, -0.2) is 53.2 Å². The SMILES string of the molecule is CCOc1ccccc1-c1nc2ccc(N)cc2nc1C(C)N1CCCCN(C)C1. The average molecular weight is 406 g/mol. The van der Waals surface area contributed by atoms with E-state index in [0.29, 0.717) is 12.3 Å². The number of rotatable bonds is 5. The first-order valence-corrected chi connectivity index (χ1v) is 10.8. The molecule has 2 aromatic carbocycles. The van der Waals surface area contributed by atoms with Gasteiger partial charge in [-0.25, -0.2) is 9.97 Å². The predicted octanol–water partition coefficient (Wildman–Crippen LogP) is 4.32. The molecule has 0 radical (unpaired) electrons. The van der Waals surface area contributed by atoms with E-state index in [1.807, 2.05) is 43.3 Å². The number of nitrogens with two attached hydrogens (primary N) is 1. The third-order valence-corrected chi connectivity index (χ3v) is 5.76. The quantitative estimate of drug-likeness (QED) is 0.638. The number of hydrogen-bond acceptors (Lipinski definition) is 6. The van der Waals surface area contributed by atoms with Gasteiger partial charge in [0.15, 0.2) is 0 Å². The van der Waals surface area contributed by atoms with E-state index in [1.54, 1.807) is 0 Å². The Hall–Kier alpha value is -2.70. The van der Waals surface area contributed by atoms with Gasteiger partial charge >= 0.3 is 0 Å². The Morgan fingerprint density at radius 1 is 1.07 bits per heavy atom. The summed E-state index contributed by atoms with van der Waals surface area (Å²) in [5.74, 6) is 0.838. The smallest absolute Gasteiger partial charge is 0.128 e. The Morgan fingerprint density at radius 2 is 1.87 bits per heavy atom. The standard InChI is InChI=1S/C24H31N5O/c1-4-30-22-10-6-5-9-19(22)24-23(17(2)29-14-8-7-13-28(3)16-29)27-21-15-18(25)11-12-20(21)26-24/h5-6,9-12,15,17H,4,7-8,13-14,16,25H2,1-3H3. The summed E-state index contributed by atoms with van der Waals surface area (Å²) >= 11 is 0. The molecular weight excluding hydrogens is 374 g/mol. The minimum absolute atomic E-state index is 0.119. The minimum atomic E-state index is 0.119. The van der Waals surface area contributed by atoms with Crippen molar-refractivity contribution in [2.75, 3.05) is 39.1 Å². The van der Waals surface area contributed by atoms with Crippen LogP contribution >= 0.6 is 0 Å². The van der Waals surface area contributed by atoms with Crippen molar-refractivity contribution in [3.05, 3.63) is 48.2 Å². The maximum Gasteiger partial charge on any atom is 0.128 e. The normalized spacial score (nSPS) is 17.0. The number of para-hydroxylation sites is 1. The Bertz CT molecular complexity index is 1020. The highest BCUT2D eigenvalue weighted by atomic mass is 16.5. The van der Waals surface area contributed by atoms with Crippen LogP contribution in [0.5, 0.6) is 5.75 Å². The molecule has 158 valence electrons. The predicted molar refractivity (Wildman–Crippen MR) is 122 cm³/mol. The zero-order chi connectivity index (χ0) is 21.1. The van der Waals surface area contributed by atoms with Crippen LogP contribution in [0, 0.1) is 0 Å². The molecule has 1 aliphatic heterocycles. The van der Waals surface area contributed by atoms with Crippen LogP contribution in [0.4, 0.5) is 5.69 Å². The molecule has 1 atom stereocenters. The van der Waals surface area contributed by atoms with Gasteiger partial charge in [-0.3, -0.25) is 9.80 Å². The summed E-state index contributed by atoms with van der Waals surface area (Å²) in [6, 6.07) is 13.9. The Balaban J connectivity index is 1.87. The van der Waals surface area contributed by atoms with Crippen molar-refractivity contribution >= 4 is 16.7 Å². The molecule has 0 spiro atoms. The summed E-state index contributed by atoms with van der Waals surface area (Å²) in [5.41, 5.74) is 11.2. The van der Waals surface area contributed by atoms with E-state index < -0.39 is 0 Å². The number of anilines is 1. The van der Waals surface area contributed by atoms with E-state index in [-0.39, 0.29) is 6.04 Å². The lowest BCUT2D eigenvalue weighted by atomic mass is 10.0. The van der Waals surface area contributed by atoms with Crippen LogP contribution in [0.2, 0.25) is 0 Å². The monoisotopic (exact) mass is 405 g/mol. The van der Waals surface area contributed by atoms with Gasteiger partial charge in [-0.15, -0.1) is 0 Å². The first-order chi connectivity index (χ1) is 14.6.